The van der Waals surface area contributed by atoms with Crippen molar-refractivity contribution in [1.29, 1.82) is 5.26 Å². The highest BCUT2D eigenvalue weighted by atomic mass is 19.4. The van der Waals surface area contributed by atoms with Gasteiger partial charge in [0.15, 0.2) is 0 Å². The number of rotatable bonds is 6. The van der Waals surface area contributed by atoms with Crippen molar-refractivity contribution < 1.29 is 22.6 Å². The lowest BCUT2D eigenvalue weighted by atomic mass is 9.90. The van der Waals surface area contributed by atoms with Crippen molar-refractivity contribution in [3.05, 3.63) is 24.3 Å². The standard InChI is InChI=1S/C14H16F3NO2/c1-13(2,10-18)8-3-9-19-11-4-6-12(7-5-11)20-14(15,16)17/h4-7H,3,8-9H2,1-2H3. The monoisotopic (exact) mass is 287 g/mol. The summed E-state index contributed by atoms with van der Waals surface area (Å²) < 4.78 is 45.0. The summed E-state index contributed by atoms with van der Waals surface area (Å²) in [6.07, 6.45) is -3.30. The Hall–Kier alpha value is -1.90. The van der Waals surface area contributed by atoms with Gasteiger partial charge in [0.1, 0.15) is 11.5 Å². The average molecular weight is 287 g/mol. The molecule has 0 saturated carbocycles. The Bertz CT molecular complexity index is 461. The fourth-order valence-corrected chi connectivity index (χ4v) is 1.50. The first kappa shape index (κ1) is 16.2. The summed E-state index contributed by atoms with van der Waals surface area (Å²) in [6, 6.07) is 7.41. The normalized spacial score (nSPS) is 11.8. The van der Waals surface area contributed by atoms with Gasteiger partial charge in [-0.2, -0.15) is 5.26 Å². The molecule has 1 rings (SSSR count). The summed E-state index contributed by atoms with van der Waals surface area (Å²) in [7, 11) is 0. The van der Waals surface area contributed by atoms with Gasteiger partial charge in [-0.25, -0.2) is 0 Å². The molecular weight excluding hydrogens is 271 g/mol. The lowest BCUT2D eigenvalue weighted by Gasteiger charge is -2.15. The second-order valence-corrected chi connectivity index (χ2v) is 4.97. The van der Waals surface area contributed by atoms with Crippen LogP contribution in [-0.4, -0.2) is 13.0 Å². The smallest absolute Gasteiger partial charge is 0.494 e. The van der Waals surface area contributed by atoms with Gasteiger partial charge in [-0.15, -0.1) is 13.2 Å². The molecule has 0 heterocycles. The van der Waals surface area contributed by atoms with E-state index in [1.54, 1.807) is 0 Å². The predicted octanol–water partition coefficient (Wildman–Crippen LogP) is 4.29. The van der Waals surface area contributed by atoms with Gasteiger partial charge < -0.3 is 9.47 Å². The average Bonchev–Trinajstić information content (AvgIpc) is 2.35. The Labute approximate surface area is 115 Å². The summed E-state index contributed by atoms with van der Waals surface area (Å²) in [5.41, 5.74) is -0.395. The van der Waals surface area contributed by atoms with Crippen LogP contribution in [-0.2, 0) is 0 Å². The second-order valence-electron chi connectivity index (χ2n) is 4.97. The first-order valence-corrected chi connectivity index (χ1v) is 6.12. The third-order valence-electron chi connectivity index (χ3n) is 2.57. The predicted molar refractivity (Wildman–Crippen MR) is 67.2 cm³/mol. The van der Waals surface area contributed by atoms with Crippen molar-refractivity contribution in [3.63, 3.8) is 0 Å². The molecule has 0 bridgehead atoms. The summed E-state index contributed by atoms with van der Waals surface area (Å²) in [5, 5.41) is 8.84. The van der Waals surface area contributed by atoms with E-state index in [4.69, 9.17) is 10.00 Å². The molecule has 3 nitrogen and oxygen atoms in total. The molecule has 0 radical (unpaired) electrons. The fraction of sp³-hybridized carbons (Fsp3) is 0.500. The minimum atomic E-state index is -4.69. The SMILES string of the molecule is CC(C)(C#N)CCCOc1ccc(OC(F)(F)F)cc1. The van der Waals surface area contributed by atoms with Crippen LogP contribution in [0.3, 0.4) is 0 Å². The highest BCUT2D eigenvalue weighted by Crippen LogP contribution is 2.25. The zero-order valence-electron chi connectivity index (χ0n) is 11.3. The van der Waals surface area contributed by atoms with E-state index in [0.717, 1.165) is 0 Å². The van der Waals surface area contributed by atoms with Crippen molar-refractivity contribution in [1.82, 2.24) is 0 Å². The van der Waals surface area contributed by atoms with Gasteiger partial charge in [0, 0.05) is 0 Å². The molecule has 6 heteroatoms. The molecule has 0 unspecified atom stereocenters. The van der Waals surface area contributed by atoms with Gasteiger partial charge in [0.25, 0.3) is 0 Å². The van der Waals surface area contributed by atoms with E-state index in [9.17, 15) is 13.2 Å². The van der Waals surface area contributed by atoms with Gasteiger partial charge >= 0.3 is 6.36 Å². The second kappa shape index (κ2) is 6.51. The maximum absolute atomic E-state index is 12.0. The summed E-state index contributed by atoms with van der Waals surface area (Å²) in [5.74, 6) is 0.185. The molecule has 0 amide bonds. The summed E-state index contributed by atoms with van der Waals surface area (Å²) in [6.45, 7) is 4.09. The van der Waals surface area contributed by atoms with Crippen LogP contribution in [0.2, 0.25) is 0 Å². The lowest BCUT2D eigenvalue weighted by molar-refractivity contribution is -0.274. The van der Waals surface area contributed by atoms with E-state index in [-0.39, 0.29) is 5.75 Å². The van der Waals surface area contributed by atoms with Gasteiger partial charge in [-0.1, -0.05) is 0 Å². The van der Waals surface area contributed by atoms with Crippen LogP contribution >= 0.6 is 0 Å². The van der Waals surface area contributed by atoms with Crippen molar-refractivity contribution in [2.75, 3.05) is 6.61 Å². The minimum Gasteiger partial charge on any atom is -0.494 e. The van der Waals surface area contributed by atoms with E-state index in [2.05, 4.69) is 10.8 Å². The number of hydrogen-bond donors (Lipinski definition) is 0. The molecule has 0 atom stereocenters. The quantitative estimate of drug-likeness (QED) is 0.733. The van der Waals surface area contributed by atoms with Gasteiger partial charge in [0.2, 0.25) is 0 Å². The van der Waals surface area contributed by atoms with Gasteiger partial charge in [-0.05, 0) is 51.0 Å². The third kappa shape index (κ3) is 6.32. The van der Waals surface area contributed by atoms with Crippen LogP contribution in [0, 0.1) is 16.7 Å². The number of ether oxygens (including phenoxy) is 2. The molecule has 0 aromatic heterocycles. The van der Waals surface area contributed by atoms with E-state index in [1.165, 1.54) is 24.3 Å². The number of benzene rings is 1. The van der Waals surface area contributed by atoms with Crippen LogP contribution in [0.1, 0.15) is 26.7 Å². The molecule has 20 heavy (non-hydrogen) atoms. The molecule has 1 aromatic carbocycles. The van der Waals surface area contributed by atoms with E-state index in [1.807, 2.05) is 13.8 Å². The Morgan fingerprint density at radius 1 is 1.10 bits per heavy atom. The summed E-state index contributed by atoms with van der Waals surface area (Å²) in [4.78, 5) is 0. The van der Waals surface area contributed by atoms with Crippen molar-refractivity contribution in [2.45, 2.75) is 33.1 Å². The van der Waals surface area contributed by atoms with Crippen LogP contribution in [0.4, 0.5) is 13.2 Å². The Kier molecular flexibility index (Phi) is 5.26. The first-order valence-electron chi connectivity index (χ1n) is 6.12. The van der Waals surface area contributed by atoms with Crippen LogP contribution < -0.4 is 9.47 Å². The largest absolute Gasteiger partial charge is 0.573 e. The number of halogens is 3. The fourth-order valence-electron chi connectivity index (χ4n) is 1.50. The van der Waals surface area contributed by atoms with E-state index < -0.39 is 11.8 Å². The van der Waals surface area contributed by atoms with Crippen LogP contribution in [0.5, 0.6) is 11.5 Å². The van der Waals surface area contributed by atoms with Crippen molar-refractivity contribution >= 4 is 0 Å². The highest BCUT2D eigenvalue weighted by Gasteiger charge is 2.30. The Balaban J connectivity index is 2.38. The molecule has 1 aromatic rings. The lowest BCUT2D eigenvalue weighted by Crippen LogP contribution is -2.17. The minimum absolute atomic E-state index is 0.282. The van der Waals surface area contributed by atoms with Crippen molar-refractivity contribution in [3.8, 4) is 17.6 Å². The zero-order chi connectivity index (χ0) is 15.2. The maximum Gasteiger partial charge on any atom is 0.573 e. The van der Waals surface area contributed by atoms with Crippen LogP contribution in [0.25, 0.3) is 0 Å². The molecule has 0 N–H and O–H groups in total. The number of alkyl halides is 3. The Morgan fingerprint density at radius 3 is 2.15 bits per heavy atom. The first-order chi connectivity index (χ1) is 9.22. The molecule has 0 saturated heterocycles. The third-order valence-corrected chi connectivity index (χ3v) is 2.57. The maximum atomic E-state index is 12.0. The molecule has 110 valence electrons. The molecule has 0 aliphatic heterocycles. The number of nitriles is 1. The number of hydrogen-bond acceptors (Lipinski definition) is 3. The summed E-state index contributed by atoms with van der Waals surface area (Å²) >= 11 is 0. The van der Waals surface area contributed by atoms with Crippen LogP contribution in [0.15, 0.2) is 24.3 Å². The van der Waals surface area contributed by atoms with Crippen molar-refractivity contribution in [2.24, 2.45) is 5.41 Å². The van der Waals surface area contributed by atoms with E-state index in [0.29, 0.717) is 25.2 Å². The highest BCUT2D eigenvalue weighted by molar-refractivity contribution is 5.31. The molecule has 0 spiro atoms. The molecular formula is C14H16F3NO2. The van der Waals surface area contributed by atoms with E-state index >= 15 is 0 Å². The van der Waals surface area contributed by atoms with Gasteiger partial charge in [-0.3, -0.25) is 0 Å². The zero-order valence-corrected chi connectivity index (χ0v) is 11.3. The molecule has 0 fully saturated rings. The Morgan fingerprint density at radius 2 is 1.65 bits per heavy atom. The number of nitrogens with zero attached hydrogens (tertiary/aromatic N) is 1. The molecule has 0 aliphatic rings. The molecule has 0 aliphatic carbocycles. The van der Waals surface area contributed by atoms with Gasteiger partial charge in [0.05, 0.1) is 18.1 Å². The topological polar surface area (TPSA) is 42.2 Å².